The third-order valence-corrected chi connectivity index (χ3v) is 3.58. The molecular weight excluding hydrogens is 254 g/mol. The molecule has 0 aromatic heterocycles. The maximum atomic E-state index is 12.6. The quantitative estimate of drug-likeness (QED) is 0.897. The number of hydrogen-bond donors (Lipinski definition) is 1. The van der Waals surface area contributed by atoms with Gasteiger partial charge in [-0.3, -0.25) is 9.59 Å². The van der Waals surface area contributed by atoms with Gasteiger partial charge in [-0.15, -0.1) is 0 Å². The molecule has 0 heterocycles. The third kappa shape index (κ3) is 3.18. The van der Waals surface area contributed by atoms with Crippen LogP contribution in [0.4, 0.5) is 0 Å². The molecule has 1 aromatic rings. The Morgan fingerprint density at radius 2 is 2.05 bits per heavy atom. The van der Waals surface area contributed by atoms with E-state index in [-0.39, 0.29) is 18.4 Å². The number of carboxylic acid groups (broad SMARTS) is 1. The van der Waals surface area contributed by atoms with Crippen molar-refractivity contribution in [3.05, 3.63) is 34.9 Å². The predicted molar refractivity (Wildman–Crippen MR) is 76.8 cm³/mol. The lowest BCUT2D eigenvalue weighted by atomic mass is 10.0. The first-order valence-electron chi connectivity index (χ1n) is 7.11. The van der Waals surface area contributed by atoms with Crippen molar-refractivity contribution in [3.8, 4) is 0 Å². The summed E-state index contributed by atoms with van der Waals surface area (Å²) in [5, 5.41) is 8.99. The molecule has 108 valence electrons. The molecule has 0 atom stereocenters. The number of carboxylic acids is 1. The molecule has 0 fully saturated rings. The van der Waals surface area contributed by atoms with E-state index in [1.807, 2.05) is 26.0 Å². The van der Waals surface area contributed by atoms with Gasteiger partial charge in [0.15, 0.2) is 0 Å². The minimum atomic E-state index is -0.966. The van der Waals surface area contributed by atoms with E-state index in [4.69, 9.17) is 5.11 Å². The van der Waals surface area contributed by atoms with E-state index in [0.717, 1.165) is 24.8 Å². The van der Waals surface area contributed by atoms with Gasteiger partial charge in [0.25, 0.3) is 5.91 Å². The minimum Gasteiger partial charge on any atom is -0.480 e. The van der Waals surface area contributed by atoms with Gasteiger partial charge >= 0.3 is 5.97 Å². The van der Waals surface area contributed by atoms with Gasteiger partial charge in [-0.05, 0) is 42.4 Å². The average Bonchev–Trinajstić information content (AvgIpc) is 2.83. The van der Waals surface area contributed by atoms with Crippen LogP contribution < -0.4 is 0 Å². The highest BCUT2D eigenvalue weighted by atomic mass is 16.4. The van der Waals surface area contributed by atoms with Crippen LogP contribution in [0, 0.1) is 5.92 Å². The number of carbonyl (C=O) groups is 2. The van der Waals surface area contributed by atoms with Crippen molar-refractivity contribution in [2.75, 3.05) is 13.1 Å². The smallest absolute Gasteiger partial charge is 0.323 e. The summed E-state index contributed by atoms with van der Waals surface area (Å²) in [6, 6.07) is 5.77. The lowest BCUT2D eigenvalue weighted by Crippen LogP contribution is -2.38. The normalized spacial score (nSPS) is 13.3. The molecule has 0 spiro atoms. The lowest BCUT2D eigenvalue weighted by Gasteiger charge is -2.24. The molecule has 1 aliphatic rings. The SMILES string of the molecule is CC(C)CN(CC(=O)O)C(=O)c1cccc2c1CCC2. The van der Waals surface area contributed by atoms with Gasteiger partial charge in [0.1, 0.15) is 6.54 Å². The molecule has 1 aliphatic carbocycles. The molecular formula is C16H21NO3. The first-order chi connectivity index (χ1) is 9.49. The predicted octanol–water partition coefficient (Wildman–Crippen LogP) is 2.36. The zero-order valence-electron chi connectivity index (χ0n) is 12.1. The largest absolute Gasteiger partial charge is 0.480 e. The molecule has 1 amide bonds. The Morgan fingerprint density at radius 3 is 2.70 bits per heavy atom. The van der Waals surface area contributed by atoms with Crippen LogP contribution in [0.15, 0.2) is 18.2 Å². The second kappa shape index (κ2) is 6.07. The summed E-state index contributed by atoms with van der Waals surface area (Å²) in [5.41, 5.74) is 3.02. The highest BCUT2D eigenvalue weighted by Crippen LogP contribution is 2.26. The summed E-state index contributed by atoms with van der Waals surface area (Å²) in [6.07, 6.45) is 3.00. The van der Waals surface area contributed by atoms with Crippen LogP contribution in [0.2, 0.25) is 0 Å². The maximum Gasteiger partial charge on any atom is 0.323 e. The van der Waals surface area contributed by atoms with Crippen molar-refractivity contribution in [3.63, 3.8) is 0 Å². The summed E-state index contributed by atoms with van der Waals surface area (Å²) in [5.74, 6) is -0.874. The number of amides is 1. The molecule has 0 aliphatic heterocycles. The average molecular weight is 275 g/mol. The van der Waals surface area contributed by atoms with E-state index in [9.17, 15) is 9.59 Å². The van der Waals surface area contributed by atoms with E-state index in [0.29, 0.717) is 12.1 Å². The topological polar surface area (TPSA) is 57.6 Å². The van der Waals surface area contributed by atoms with E-state index < -0.39 is 5.97 Å². The first-order valence-corrected chi connectivity index (χ1v) is 7.11. The second-order valence-corrected chi connectivity index (χ2v) is 5.77. The molecule has 0 bridgehead atoms. The second-order valence-electron chi connectivity index (χ2n) is 5.77. The fourth-order valence-electron chi connectivity index (χ4n) is 2.81. The number of hydrogen-bond acceptors (Lipinski definition) is 2. The van der Waals surface area contributed by atoms with E-state index >= 15 is 0 Å². The van der Waals surface area contributed by atoms with E-state index in [2.05, 4.69) is 6.07 Å². The number of rotatable bonds is 5. The summed E-state index contributed by atoms with van der Waals surface area (Å²) in [4.78, 5) is 25.1. The Hall–Kier alpha value is -1.84. The van der Waals surface area contributed by atoms with Gasteiger partial charge in [-0.25, -0.2) is 0 Å². The van der Waals surface area contributed by atoms with E-state index in [1.165, 1.54) is 10.5 Å². The molecule has 2 rings (SSSR count). The Morgan fingerprint density at radius 1 is 1.30 bits per heavy atom. The van der Waals surface area contributed by atoms with Gasteiger partial charge in [-0.1, -0.05) is 26.0 Å². The van der Waals surface area contributed by atoms with Crippen molar-refractivity contribution < 1.29 is 14.7 Å². The van der Waals surface area contributed by atoms with Gasteiger partial charge in [0.2, 0.25) is 0 Å². The van der Waals surface area contributed by atoms with Gasteiger partial charge in [0.05, 0.1) is 0 Å². The fraction of sp³-hybridized carbons (Fsp3) is 0.500. The zero-order chi connectivity index (χ0) is 14.7. The third-order valence-electron chi connectivity index (χ3n) is 3.58. The Labute approximate surface area is 119 Å². The molecule has 0 saturated heterocycles. The van der Waals surface area contributed by atoms with Crippen molar-refractivity contribution in [1.29, 1.82) is 0 Å². The highest BCUT2D eigenvalue weighted by Gasteiger charge is 2.24. The van der Waals surface area contributed by atoms with E-state index in [1.54, 1.807) is 0 Å². The number of carbonyl (C=O) groups excluding carboxylic acids is 1. The van der Waals surface area contributed by atoms with Crippen molar-refractivity contribution in [2.24, 2.45) is 5.92 Å². The number of benzene rings is 1. The molecule has 0 unspecified atom stereocenters. The first kappa shape index (κ1) is 14.6. The maximum absolute atomic E-state index is 12.6. The molecule has 20 heavy (non-hydrogen) atoms. The van der Waals surface area contributed by atoms with Crippen LogP contribution in [0.3, 0.4) is 0 Å². The molecule has 0 radical (unpaired) electrons. The summed E-state index contributed by atoms with van der Waals surface area (Å²) in [6.45, 7) is 4.20. The fourth-order valence-corrected chi connectivity index (χ4v) is 2.81. The zero-order valence-corrected chi connectivity index (χ0v) is 12.1. The van der Waals surface area contributed by atoms with Crippen LogP contribution in [-0.4, -0.2) is 35.0 Å². The standard InChI is InChI=1S/C16H21NO3/c1-11(2)9-17(10-15(18)19)16(20)14-8-4-6-12-5-3-7-13(12)14/h4,6,8,11H,3,5,7,9-10H2,1-2H3,(H,18,19). The van der Waals surface area contributed by atoms with Crippen LogP contribution in [0.1, 0.15) is 41.8 Å². The number of aliphatic carboxylic acids is 1. The highest BCUT2D eigenvalue weighted by molar-refractivity contribution is 5.97. The monoisotopic (exact) mass is 275 g/mol. The van der Waals surface area contributed by atoms with Crippen molar-refractivity contribution in [1.82, 2.24) is 4.90 Å². The minimum absolute atomic E-state index is 0.153. The molecule has 4 nitrogen and oxygen atoms in total. The Balaban J connectivity index is 2.27. The van der Waals surface area contributed by atoms with Gasteiger partial charge in [-0.2, -0.15) is 0 Å². The van der Waals surface area contributed by atoms with Crippen LogP contribution >= 0.6 is 0 Å². The molecule has 1 N–H and O–H groups in total. The summed E-state index contributed by atoms with van der Waals surface area (Å²) >= 11 is 0. The Kier molecular flexibility index (Phi) is 4.42. The van der Waals surface area contributed by atoms with Crippen LogP contribution in [0.25, 0.3) is 0 Å². The summed E-state index contributed by atoms with van der Waals surface area (Å²) in [7, 11) is 0. The molecule has 0 saturated carbocycles. The Bertz CT molecular complexity index is 522. The molecule has 1 aromatic carbocycles. The van der Waals surface area contributed by atoms with Crippen molar-refractivity contribution in [2.45, 2.75) is 33.1 Å². The molecule has 4 heteroatoms. The summed E-state index contributed by atoms with van der Waals surface area (Å²) < 4.78 is 0. The van der Waals surface area contributed by atoms with Crippen LogP contribution in [-0.2, 0) is 17.6 Å². The van der Waals surface area contributed by atoms with Gasteiger partial charge < -0.3 is 10.0 Å². The number of fused-ring (bicyclic) bond motifs is 1. The van der Waals surface area contributed by atoms with Crippen molar-refractivity contribution >= 4 is 11.9 Å². The number of aryl methyl sites for hydroxylation is 1. The van der Waals surface area contributed by atoms with Crippen LogP contribution in [0.5, 0.6) is 0 Å². The number of nitrogens with zero attached hydrogens (tertiary/aromatic N) is 1. The lowest BCUT2D eigenvalue weighted by molar-refractivity contribution is -0.137. The van der Waals surface area contributed by atoms with Gasteiger partial charge in [0, 0.05) is 12.1 Å².